The number of carbonyl (C=O) groups is 1. The van der Waals surface area contributed by atoms with Gasteiger partial charge in [0.1, 0.15) is 12.1 Å². The Balaban J connectivity index is 2.53. The molecule has 0 bridgehead atoms. The lowest BCUT2D eigenvalue weighted by Crippen LogP contribution is -1.87. The van der Waals surface area contributed by atoms with E-state index in [4.69, 9.17) is 0 Å². The van der Waals surface area contributed by atoms with E-state index in [9.17, 15) is 9.18 Å². The summed E-state index contributed by atoms with van der Waals surface area (Å²) in [6.07, 6.45) is 0.808. The molecule has 0 unspecified atom stereocenters. The Labute approximate surface area is 93.5 Å². The second kappa shape index (κ2) is 4.27. The van der Waals surface area contributed by atoms with E-state index in [-0.39, 0.29) is 5.82 Å². The summed E-state index contributed by atoms with van der Waals surface area (Å²) in [5.41, 5.74) is 3.37. The van der Waals surface area contributed by atoms with E-state index in [0.29, 0.717) is 5.56 Å². The molecule has 0 aliphatic rings. The SMILES string of the molecule is Cc1cc(F)ccc1-c1cccc(C=O)c1. The van der Waals surface area contributed by atoms with Crippen LogP contribution in [-0.4, -0.2) is 6.29 Å². The van der Waals surface area contributed by atoms with Crippen LogP contribution in [0.15, 0.2) is 42.5 Å². The molecule has 0 saturated heterocycles. The Morgan fingerprint density at radius 1 is 1.12 bits per heavy atom. The van der Waals surface area contributed by atoms with Crippen molar-refractivity contribution in [1.29, 1.82) is 0 Å². The second-order valence-corrected chi connectivity index (χ2v) is 3.70. The molecule has 0 heterocycles. The first-order valence-electron chi connectivity index (χ1n) is 5.02. The largest absolute Gasteiger partial charge is 0.298 e. The van der Waals surface area contributed by atoms with Gasteiger partial charge in [0.2, 0.25) is 0 Å². The van der Waals surface area contributed by atoms with Gasteiger partial charge in [0.05, 0.1) is 0 Å². The molecule has 0 aliphatic heterocycles. The van der Waals surface area contributed by atoms with Gasteiger partial charge >= 0.3 is 0 Å². The maximum Gasteiger partial charge on any atom is 0.150 e. The van der Waals surface area contributed by atoms with Gasteiger partial charge in [0.15, 0.2) is 0 Å². The molecule has 0 spiro atoms. The number of benzene rings is 2. The molecule has 0 aromatic heterocycles. The third-order valence-corrected chi connectivity index (χ3v) is 2.52. The van der Waals surface area contributed by atoms with Crippen molar-refractivity contribution in [2.75, 3.05) is 0 Å². The molecule has 2 aromatic rings. The molecule has 0 N–H and O–H groups in total. The minimum Gasteiger partial charge on any atom is -0.298 e. The summed E-state index contributed by atoms with van der Waals surface area (Å²) < 4.78 is 13.0. The first-order valence-corrected chi connectivity index (χ1v) is 5.02. The van der Waals surface area contributed by atoms with Crippen LogP contribution in [0.5, 0.6) is 0 Å². The Kier molecular flexibility index (Phi) is 2.82. The summed E-state index contributed by atoms with van der Waals surface area (Å²) in [6, 6.07) is 11.9. The summed E-state index contributed by atoms with van der Waals surface area (Å²) >= 11 is 0. The number of hydrogen-bond acceptors (Lipinski definition) is 1. The van der Waals surface area contributed by atoms with Crippen LogP contribution >= 0.6 is 0 Å². The van der Waals surface area contributed by atoms with E-state index in [1.807, 2.05) is 19.1 Å². The van der Waals surface area contributed by atoms with Crippen LogP contribution in [0.25, 0.3) is 11.1 Å². The van der Waals surface area contributed by atoms with Crippen LogP contribution in [0.3, 0.4) is 0 Å². The van der Waals surface area contributed by atoms with Gasteiger partial charge in [-0.1, -0.05) is 24.3 Å². The summed E-state index contributed by atoms with van der Waals surface area (Å²) in [5.74, 6) is -0.243. The van der Waals surface area contributed by atoms with Crippen molar-refractivity contribution in [2.45, 2.75) is 6.92 Å². The zero-order valence-corrected chi connectivity index (χ0v) is 8.91. The molecule has 16 heavy (non-hydrogen) atoms. The van der Waals surface area contributed by atoms with Crippen molar-refractivity contribution >= 4 is 6.29 Å². The zero-order valence-electron chi connectivity index (χ0n) is 8.91. The normalized spacial score (nSPS) is 10.1. The molecule has 80 valence electrons. The summed E-state index contributed by atoms with van der Waals surface area (Å²) in [4.78, 5) is 10.7. The quantitative estimate of drug-likeness (QED) is 0.698. The first-order chi connectivity index (χ1) is 7.70. The Morgan fingerprint density at radius 3 is 2.62 bits per heavy atom. The van der Waals surface area contributed by atoms with Gasteiger partial charge < -0.3 is 0 Å². The summed E-state index contributed by atoms with van der Waals surface area (Å²) in [5, 5.41) is 0. The van der Waals surface area contributed by atoms with E-state index in [1.54, 1.807) is 18.2 Å². The van der Waals surface area contributed by atoms with Crippen molar-refractivity contribution in [3.8, 4) is 11.1 Å². The molecule has 0 aliphatic carbocycles. The van der Waals surface area contributed by atoms with E-state index in [1.165, 1.54) is 12.1 Å². The summed E-state index contributed by atoms with van der Waals surface area (Å²) in [6.45, 7) is 1.85. The molecule has 0 atom stereocenters. The number of aryl methyl sites for hydroxylation is 1. The molecule has 0 saturated carbocycles. The van der Waals surface area contributed by atoms with E-state index >= 15 is 0 Å². The fourth-order valence-corrected chi connectivity index (χ4v) is 1.73. The minimum absolute atomic E-state index is 0.243. The first kappa shape index (κ1) is 10.6. The van der Waals surface area contributed by atoms with Crippen molar-refractivity contribution in [3.63, 3.8) is 0 Å². The van der Waals surface area contributed by atoms with Crippen LogP contribution in [0.4, 0.5) is 4.39 Å². The van der Waals surface area contributed by atoms with Gasteiger partial charge in [-0.25, -0.2) is 4.39 Å². The molecule has 2 aromatic carbocycles. The molecular weight excluding hydrogens is 203 g/mol. The molecule has 0 fully saturated rings. The fourth-order valence-electron chi connectivity index (χ4n) is 1.73. The van der Waals surface area contributed by atoms with Gasteiger partial charge in [-0.15, -0.1) is 0 Å². The van der Waals surface area contributed by atoms with E-state index < -0.39 is 0 Å². The molecular formula is C14H11FO. The van der Waals surface area contributed by atoms with Crippen molar-refractivity contribution < 1.29 is 9.18 Å². The number of aldehydes is 1. The Bertz CT molecular complexity index is 532. The predicted molar refractivity (Wildman–Crippen MR) is 62.0 cm³/mol. The number of halogens is 1. The van der Waals surface area contributed by atoms with Crippen molar-refractivity contribution in [1.82, 2.24) is 0 Å². The fraction of sp³-hybridized carbons (Fsp3) is 0.0714. The molecule has 1 nitrogen and oxygen atoms in total. The second-order valence-electron chi connectivity index (χ2n) is 3.70. The number of rotatable bonds is 2. The monoisotopic (exact) mass is 214 g/mol. The molecule has 0 radical (unpaired) electrons. The lowest BCUT2D eigenvalue weighted by atomic mass is 9.99. The average molecular weight is 214 g/mol. The topological polar surface area (TPSA) is 17.1 Å². The highest BCUT2D eigenvalue weighted by atomic mass is 19.1. The van der Waals surface area contributed by atoms with Gasteiger partial charge in [0.25, 0.3) is 0 Å². The highest BCUT2D eigenvalue weighted by molar-refractivity contribution is 5.79. The highest BCUT2D eigenvalue weighted by Crippen LogP contribution is 2.24. The van der Waals surface area contributed by atoms with Gasteiger partial charge in [0, 0.05) is 5.56 Å². The molecule has 2 rings (SSSR count). The van der Waals surface area contributed by atoms with Gasteiger partial charge in [-0.2, -0.15) is 0 Å². The van der Waals surface area contributed by atoms with Gasteiger partial charge in [-0.3, -0.25) is 4.79 Å². The van der Waals surface area contributed by atoms with E-state index in [2.05, 4.69) is 0 Å². The lowest BCUT2D eigenvalue weighted by Gasteiger charge is -2.06. The smallest absolute Gasteiger partial charge is 0.150 e. The Morgan fingerprint density at radius 2 is 1.94 bits per heavy atom. The standard InChI is InChI=1S/C14H11FO/c1-10-7-13(15)5-6-14(10)12-4-2-3-11(8-12)9-16/h2-9H,1H3. The van der Waals surface area contributed by atoms with Crippen LogP contribution < -0.4 is 0 Å². The highest BCUT2D eigenvalue weighted by Gasteiger charge is 2.03. The third-order valence-electron chi connectivity index (χ3n) is 2.52. The van der Waals surface area contributed by atoms with Crippen molar-refractivity contribution in [2.24, 2.45) is 0 Å². The van der Waals surface area contributed by atoms with Crippen LogP contribution in [0, 0.1) is 12.7 Å². The van der Waals surface area contributed by atoms with Crippen LogP contribution in [-0.2, 0) is 0 Å². The van der Waals surface area contributed by atoms with Crippen molar-refractivity contribution in [3.05, 3.63) is 59.4 Å². The van der Waals surface area contributed by atoms with Gasteiger partial charge in [-0.05, 0) is 41.8 Å². The maximum absolute atomic E-state index is 13.0. The zero-order chi connectivity index (χ0) is 11.5. The molecule has 2 heteroatoms. The maximum atomic E-state index is 13.0. The summed E-state index contributed by atoms with van der Waals surface area (Å²) in [7, 11) is 0. The average Bonchev–Trinajstić information content (AvgIpc) is 2.29. The molecule has 0 amide bonds. The number of carbonyl (C=O) groups excluding carboxylic acids is 1. The predicted octanol–water partition coefficient (Wildman–Crippen LogP) is 3.61. The third kappa shape index (κ3) is 2.01. The van der Waals surface area contributed by atoms with Crippen LogP contribution in [0.2, 0.25) is 0 Å². The Hall–Kier alpha value is -1.96. The van der Waals surface area contributed by atoms with E-state index in [0.717, 1.165) is 23.0 Å². The minimum atomic E-state index is -0.243. The number of hydrogen-bond donors (Lipinski definition) is 0. The lowest BCUT2D eigenvalue weighted by molar-refractivity contribution is 0.112. The van der Waals surface area contributed by atoms with Crippen LogP contribution in [0.1, 0.15) is 15.9 Å².